The van der Waals surface area contributed by atoms with Crippen molar-refractivity contribution in [1.82, 2.24) is 0 Å². The molecule has 0 fully saturated rings. The SMILES string of the molecule is CCCCC(C)(C)CCC(=O)O.CCCCCCC(C)(C)C(=O)O. The first-order valence-corrected chi connectivity index (χ1v) is 9.43. The van der Waals surface area contributed by atoms with Gasteiger partial charge in [-0.2, -0.15) is 0 Å². The lowest BCUT2D eigenvalue weighted by atomic mass is 9.83. The first kappa shape index (κ1) is 25.2. The third-order valence-corrected chi connectivity index (χ3v) is 4.46. The summed E-state index contributed by atoms with van der Waals surface area (Å²) in [5.41, 5.74) is -0.331. The second-order valence-corrected chi connectivity index (χ2v) is 8.16. The van der Waals surface area contributed by atoms with Gasteiger partial charge in [-0.3, -0.25) is 9.59 Å². The molecule has 0 unspecified atom stereocenters. The summed E-state index contributed by atoms with van der Waals surface area (Å²) in [4.78, 5) is 21.0. The van der Waals surface area contributed by atoms with Gasteiger partial charge in [0.1, 0.15) is 0 Å². The average Bonchev–Trinajstić information content (AvgIpc) is 2.48. The molecule has 0 aromatic heterocycles. The van der Waals surface area contributed by atoms with Crippen LogP contribution >= 0.6 is 0 Å². The van der Waals surface area contributed by atoms with Gasteiger partial charge in [0.25, 0.3) is 0 Å². The Labute approximate surface area is 149 Å². The number of rotatable bonds is 12. The summed E-state index contributed by atoms with van der Waals surface area (Å²) in [5.74, 6) is -1.36. The van der Waals surface area contributed by atoms with E-state index in [0.717, 1.165) is 32.1 Å². The van der Waals surface area contributed by atoms with E-state index in [9.17, 15) is 9.59 Å². The highest BCUT2D eigenvalue weighted by atomic mass is 16.4. The molecule has 0 bridgehead atoms. The van der Waals surface area contributed by atoms with Crippen LogP contribution in [0.2, 0.25) is 0 Å². The Balaban J connectivity index is 0. The van der Waals surface area contributed by atoms with Gasteiger partial charge in [0.15, 0.2) is 0 Å². The molecule has 0 heterocycles. The lowest BCUT2D eigenvalue weighted by Crippen LogP contribution is -2.23. The van der Waals surface area contributed by atoms with Crippen LogP contribution in [0.5, 0.6) is 0 Å². The number of hydrogen-bond donors (Lipinski definition) is 2. The lowest BCUT2D eigenvalue weighted by molar-refractivity contribution is -0.147. The van der Waals surface area contributed by atoms with Crippen LogP contribution in [-0.4, -0.2) is 22.2 Å². The molecule has 24 heavy (non-hydrogen) atoms. The standard InChI is InChI=1S/2C10H20O2/c1-4-5-7-10(2,3)8-6-9(11)12;1-4-5-6-7-8-10(2,3)9(11)12/h2*4-8H2,1-3H3,(H,11,12). The normalized spacial score (nSPS) is 11.6. The van der Waals surface area contributed by atoms with Crippen molar-refractivity contribution in [2.75, 3.05) is 0 Å². The molecular weight excluding hydrogens is 304 g/mol. The number of carboxylic acid groups (broad SMARTS) is 2. The Morgan fingerprint density at radius 3 is 1.71 bits per heavy atom. The van der Waals surface area contributed by atoms with Crippen molar-refractivity contribution in [3.63, 3.8) is 0 Å². The fraction of sp³-hybridized carbons (Fsp3) is 0.900. The van der Waals surface area contributed by atoms with Crippen molar-refractivity contribution in [2.24, 2.45) is 10.8 Å². The van der Waals surface area contributed by atoms with Gasteiger partial charge in [-0.1, -0.05) is 66.2 Å². The Hall–Kier alpha value is -1.06. The van der Waals surface area contributed by atoms with E-state index < -0.39 is 17.4 Å². The topological polar surface area (TPSA) is 74.6 Å². The summed E-state index contributed by atoms with van der Waals surface area (Å²) < 4.78 is 0. The molecule has 0 amide bonds. The maximum absolute atomic E-state index is 10.7. The third kappa shape index (κ3) is 15.8. The van der Waals surface area contributed by atoms with Crippen molar-refractivity contribution < 1.29 is 19.8 Å². The van der Waals surface area contributed by atoms with E-state index in [0.29, 0.717) is 6.42 Å². The zero-order chi connectivity index (χ0) is 19.2. The zero-order valence-corrected chi connectivity index (χ0v) is 16.8. The van der Waals surface area contributed by atoms with E-state index in [-0.39, 0.29) is 5.41 Å². The van der Waals surface area contributed by atoms with Gasteiger partial charge in [-0.15, -0.1) is 0 Å². The summed E-state index contributed by atoms with van der Waals surface area (Å²) >= 11 is 0. The smallest absolute Gasteiger partial charge is 0.309 e. The van der Waals surface area contributed by atoms with Gasteiger partial charge in [-0.05, 0) is 38.5 Å². The quantitative estimate of drug-likeness (QED) is 0.417. The minimum atomic E-state index is -0.681. The van der Waals surface area contributed by atoms with Gasteiger partial charge in [-0.25, -0.2) is 0 Å². The predicted octanol–water partition coefficient (Wildman–Crippen LogP) is 6.14. The number of carboxylic acids is 2. The Morgan fingerprint density at radius 2 is 1.29 bits per heavy atom. The average molecular weight is 345 g/mol. The summed E-state index contributed by atoms with van der Waals surface area (Å²) in [5, 5.41) is 17.3. The van der Waals surface area contributed by atoms with Crippen molar-refractivity contribution in [3.05, 3.63) is 0 Å². The first-order valence-electron chi connectivity index (χ1n) is 9.43. The van der Waals surface area contributed by atoms with Crippen molar-refractivity contribution in [3.8, 4) is 0 Å². The van der Waals surface area contributed by atoms with Crippen LogP contribution in [0.25, 0.3) is 0 Å². The van der Waals surface area contributed by atoms with Crippen molar-refractivity contribution in [1.29, 1.82) is 0 Å². The minimum Gasteiger partial charge on any atom is -0.481 e. The number of hydrogen-bond acceptors (Lipinski definition) is 2. The molecule has 0 spiro atoms. The maximum Gasteiger partial charge on any atom is 0.309 e. The van der Waals surface area contributed by atoms with Gasteiger partial charge in [0.2, 0.25) is 0 Å². The Kier molecular flexibility index (Phi) is 13.9. The first-order chi connectivity index (χ1) is 11.0. The molecule has 0 aromatic rings. The highest BCUT2D eigenvalue weighted by molar-refractivity contribution is 5.73. The van der Waals surface area contributed by atoms with E-state index in [4.69, 9.17) is 10.2 Å². The molecule has 0 aliphatic rings. The Bertz CT molecular complexity index is 346. The summed E-state index contributed by atoms with van der Waals surface area (Å²) in [6, 6.07) is 0. The Morgan fingerprint density at radius 1 is 0.750 bits per heavy atom. The summed E-state index contributed by atoms with van der Waals surface area (Å²) in [7, 11) is 0. The lowest BCUT2D eigenvalue weighted by Gasteiger charge is -2.23. The second kappa shape index (κ2) is 13.3. The molecule has 0 rings (SSSR count). The highest BCUT2D eigenvalue weighted by Crippen LogP contribution is 2.28. The second-order valence-electron chi connectivity index (χ2n) is 8.16. The van der Waals surface area contributed by atoms with Crippen LogP contribution in [0, 0.1) is 10.8 Å². The predicted molar refractivity (Wildman–Crippen MR) is 100 cm³/mol. The molecule has 0 saturated carbocycles. The molecule has 0 aromatic carbocycles. The van der Waals surface area contributed by atoms with E-state index in [1.165, 1.54) is 25.7 Å². The van der Waals surface area contributed by atoms with E-state index in [1.54, 1.807) is 13.8 Å². The van der Waals surface area contributed by atoms with E-state index in [2.05, 4.69) is 27.7 Å². The van der Waals surface area contributed by atoms with Crippen molar-refractivity contribution >= 4 is 11.9 Å². The van der Waals surface area contributed by atoms with Crippen LogP contribution in [0.1, 0.15) is 106 Å². The van der Waals surface area contributed by atoms with Crippen LogP contribution in [0.3, 0.4) is 0 Å². The fourth-order valence-electron chi connectivity index (χ4n) is 2.33. The maximum atomic E-state index is 10.7. The monoisotopic (exact) mass is 344 g/mol. The fourth-order valence-corrected chi connectivity index (χ4v) is 2.33. The van der Waals surface area contributed by atoms with Gasteiger partial charge in [0, 0.05) is 6.42 Å². The minimum absolute atomic E-state index is 0.203. The molecule has 0 aliphatic carbocycles. The van der Waals surface area contributed by atoms with Gasteiger partial charge in [0.05, 0.1) is 5.41 Å². The van der Waals surface area contributed by atoms with Crippen molar-refractivity contribution in [2.45, 2.75) is 106 Å². The van der Waals surface area contributed by atoms with Crippen LogP contribution in [0.4, 0.5) is 0 Å². The molecule has 2 N–H and O–H groups in total. The van der Waals surface area contributed by atoms with Crippen LogP contribution < -0.4 is 0 Å². The largest absolute Gasteiger partial charge is 0.481 e. The summed E-state index contributed by atoms with van der Waals surface area (Å²) in [6.07, 6.45) is 10.0. The van der Waals surface area contributed by atoms with E-state index >= 15 is 0 Å². The molecule has 0 aliphatic heterocycles. The van der Waals surface area contributed by atoms with Crippen LogP contribution in [-0.2, 0) is 9.59 Å². The molecule has 4 nitrogen and oxygen atoms in total. The number of unbranched alkanes of at least 4 members (excludes halogenated alkanes) is 4. The highest BCUT2D eigenvalue weighted by Gasteiger charge is 2.25. The molecule has 0 atom stereocenters. The van der Waals surface area contributed by atoms with Gasteiger partial charge >= 0.3 is 11.9 Å². The molecule has 0 radical (unpaired) electrons. The molecular formula is C20H40O4. The molecule has 144 valence electrons. The number of aliphatic carboxylic acids is 2. The van der Waals surface area contributed by atoms with Gasteiger partial charge < -0.3 is 10.2 Å². The summed E-state index contributed by atoms with van der Waals surface area (Å²) in [6.45, 7) is 12.2. The number of carbonyl (C=O) groups is 2. The molecule has 4 heteroatoms. The molecule has 0 saturated heterocycles. The zero-order valence-electron chi connectivity index (χ0n) is 16.8. The van der Waals surface area contributed by atoms with Crippen LogP contribution in [0.15, 0.2) is 0 Å². The van der Waals surface area contributed by atoms with E-state index in [1.807, 2.05) is 0 Å². The third-order valence-electron chi connectivity index (χ3n) is 4.46.